The first-order valence-electron chi connectivity index (χ1n) is 8.13. The number of aromatic carboxylic acids is 1. The van der Waals surface area contributed by atoms with Gasteiger partial charge in [-0.15, -0.1) is 0 Å². The molecule has 0 aliphatic carbocycles. The van der Waals surface area contributed by atoms with Gasteiger partial charge in [0.2, 0.25) is 10.0 Å². The van der Waals surface area contributed by atoms with Gasteiger partial charge in [0.1, 0.15) is 10.7 Å². The van der Waals surface area contributed by atoms with Crippen LogP contribution in [0.2, 0.25) is 0 Å². The van der Waals surface area contributed by atoms with Crippen LogP contribution in [-0.2, 0) is 23.1 Å². The highest BCUT2D eigenvalue weighted by atomic mass is 32.2. The van der Waals surface area contributed by atoms with E-state index in [-0.39, 0.29) is 17.0 Å². The van der Waals surface area contributed by atoms with E-state index in [4.69, 9.17) is 4.42 Å². The number of anilines is 1. The highest BCUT2D eigenvalue weighted by molar-refractivity contribution is 7.89. The van der Waals surface area contributed by atoms with E-state index in [0.717, 1.165) is 11.6 Å². The van der Waals surface area contributed by atoms with Crippen molar-refractivity contribution in [2.45, 2.75) is 18.0 Å². The summed E-state index contributed by atoms with van der Waals surface area (Å²) in [6, 6.07) is 16.7. The molecule has 0 saturated heterocycles. The van der Waals surface area contributed by atoms with Crippen molar-refractivity contribution in [2.75, 3.05) is 5.32 Å². The Morgan fingerprint density at radius 2 is 1.78 bits per heavy atom. The van der Waals surface area contributed by atoms with E-state index in [1.807, 2.05) is 30.3 Å². The van der Waals surface area contributed by atoms with Gasteiger partial charge in [-0.1, -0.05) is 30.3 Å². The lowest BCUT2D eigenvalue weighted by Gasteiger charge is -2.14. The lowest BCUT2D eigenvalue weighted by Crippen LogP contribution is -2.24. The van der Waals surface area contributed by atoms with Gasteiger partial charge in [0.15, 0.2) is 0 Å². The highest BCUT2D eigenvalue weighted by Crippen LogP contribution is 2.24. The number of furan rings is 1. The van der Waals surface area contributed by atoms with Crippen molar-refractivity contribution in [1.29, 1.82) is 0 Å². The molecule has 0 fully saturated rings. The van der Waals surface area contributed by atoms with Crippen LogP contribution >= 0.6 is 0 Å². The Kier molecular flexibility index (Phi) is 5.58. The lowest BCUT2D eigenvalue weighted by molar-refractivity contribution is 0.0696. The largest absolute Gasteiger partial charge is 0.478 e. The van der Waals surface area contributed by atoms with Gasteiger partial charge in [-0.3, -0.25) is 0 Å². The summed E-state index contributed by atoms with van der Waals surface area (Å²) in [6.07, 6.45) is 1.45. The molecule has 1 aromatic heterocycles. The van der Waals surface area contributed by atoms with Gasteiger partial charge in [0.05, 0.1) is 24.1 Å². The predicted octanol–water partition coefficient (Wildman–Crippen LogP) is 3.07. The summed E-state index contributed by atoms with van der Waals surface area (Å²) in [6.45, 7) is 0.360. The summed E-state index contributed by atoms with van der Waals surface area (Å²) in [5, 5.41) is 12.3. The van der Waals surface area contributed by atoms with E-state index >= 15 is 0 Å². The minimum Gasteiger partial charge on any atom is -0.478 e. The molecule has 0 bridgehead atoms. The molecule has 27 heavy (non-hydrogen) atoms. The van der Waals surface area contributed by atoms with E-state index in [1.54, 1.807) is 12.1 Å². The third-order valence-corrected chi connectivity index (χ3v) is 5.30. The molecule has 0 atom stereocenters. The maximum atomic E-state index is 12.7. The number of sulfonamides is 1. The number of hydrogen-bond acceptors (Lipinski definition) is 5. The van der Waals surface area contributed by atoms with Crippen LogP contribution in [0.15, 0.2) is 76.2 Å². The minimum atomic E-state index is -3.96. The zero-order chi connectivity index (χ0) is 19.3. The predicted molar refractivity (Wildman–Crippen MR) is 99.9 cm³/mol. The zero-order valence-corrected chi connectivity index (χ0v) is 15.1. The summed E-state index contributed by atoms with van der Waals surface area (Å²) in [5.74, 6) is -0.751. The van der Waals surface area contributed by atoms with E-state index in [1.165, 1.54) is 18.4 Å². The number of hydrogen-bond donors (Lipinski definition) is 3. The van der Waals surface area contributed by atoms with Gasteiger partial charge >= 0.3 is 5.97 Å². The maximum Gasteiger partial charge on any atom is 0.335 e. The third kappa shape index (κ3) is 4.75. The lowest BCUT2D eigenvalue weighted by atomic mass is 10.2. The smallest absolute Gasteiger partial charge is 0.335 e. The SMILES string of the molecule is O=C(O)c1ccc(NCc2ccccc2)c(S(=O)(=O)NCc2ccco2)c1. The first-order valence-corrected chi connectivity index (χ1v) is 9.61. The molecule has 0 aliphatic heterocycles. The van der Waals surface area contributed by atoms with Crippen LogP contribution < -0.4 is 10.0 Å². The molecular weight excluding hydrogens is 368 g/mol. The first kappa shape index (κ1) is 18.7. The molecular formula is C19H18N2O5S. The monoisotopic (exact) mass is 386 g/mol. The summed E-state index contributed by atoms with van der Waals surface area (Å²) in [7, 11) is -3.96. The molecule has 3 aromatic rings. The number of carboxylic acid groups (broad SMARTS) is 1. The van der Waals surface area contributed by atoms with E-state index in [9.17, 15) is 18.3 Å². The fraction of sp³-hybridized carbons (Fsp3) is 0.105. The van der Waals surface area contributed by atoms with Crippen molar-refractivity contribution in [3.8, 4) is 0 Å². The second kappa shape index (κ2) is 8.07. The van der Waals surface area contributed by atoms with Crippen LogP contribution in [-0.4, -0.2) is 19.5 Å². The molecule has 0 amide bonds. The second-order valence-electron chi connectivity index (χ2n) is 5.76. The van der Waals surface area contributed by atoms with Crippen molar-refractivity contribution in [3.05, 3.63) is 83.8 Å². The molecule has 8 heteroatoms. The molecule has 0 radical (unpaired) electrons. The average molecular weight is 386 g/mol. The maximum absolute atomic E-state index is 12.7. The number of benzene rings is 2. The molecule has 1 heterocycles. The molecule has 0 spiro atoms. The topological polar surface area (TPSA) is 109 Å². The Balaban J connectivity index is 1.87. The third-order valence-electron chi connectivity index (χ3n) is 3.86. The van der Waals surface area contributed by atoms with Gasteiger partial charge < -0.3 is 14.8 Å². The zero-order valence-electron chi connectivity index (χ0n) is 14.3. The molecule has 0 aliphatic rings. The van der Waals surface area contributed by atoms with Crippen LogP contribution in [0.1, 0.15) is 21.7 Å². The van der Waals surface area contributed by atoms with Crippen LogP contribution in [0.5, 0.6) is 0 Å². The number of nitrogens with one attached hydrogen (secondary N) is 2. The molecule has 2 aromatic carbocycles. The minimum absolute atomic E-state index is 0.0369. The summed E-state index contributed by atoms with van der Waals surface area (Å²) >= 11 is 0. The molecule has 0 saturated carbocycles. The Labute approximate surface area is 156 Å². The van der Waals surface area contributed by atoms with Gasteiger partial charge in [-0.05, 0) is 35.9 Å². The Bertz CT molecular complexity index is 1020. The number of carbonyl (C=O) groups is 1. The van der Waals surface area contributed by atoms with Crippen LogP contribution in [0.3, 0.4) is 0 Å². The molecule has 140 valence electrons. The van der Waals surface area contributed by atoms with Gasteiger partial charge in [-0.2, -0.15) is 0 Å². The molecule has 3 N–H and O–H groups in total. The van der Waals surface area contributed by atoms with Crippen LogP contribution in [0.4, 0.5) is 5.69 Å². The number of carboxylic acids is 1. The Morgan fingerprint density at radius 1 is 1.00 bits per heavy atom. The molecule has 3 rings (SSSR count). The molecule has 0 unspecified atom stereocenters. The summed E-state index contributed by atoms with van der Waals surface area (Å²) in [5.41, 5.74) is 1.17. The average Bonchev–Trinajstić information content (AvgIpc) is 3.19. The summed E-state index contributed by atoms with van der Waals surface area (Å²) < 4.78 is 33.1. The van der Waals surface area contributed by atoms with Crippen molar-refractivity contribution in [1.82, 2.24) is 4.72 Å². The fourth-order valence-electron chi connectivity index (χ4n) is 2.47. The van der Waals surface area contributed by atoms with Crippen molar-refractivity contribution >= 4 is 21.7 Å². The van der Waals surface area contributed by atoms with E-state index < -0.39 is 16.0 Å². The summed E-state index contributed by atoms with van der Waals surface area (Å²) in [4.78, 5) is 11.1. The van der Waals surface area contributed by atoms with Crippen LogP contribution in [0, 0.1) is 0 Å². The van der Waals surface area contributed by atoms with Crippen LogP contribution in [0.25, 0.3) is 0 Å². The standard InChI is InChI=1S/C19H18N2O5S/c22-19(23)15-8-9-17(20-12-14-5-2-1-3-6-14)18(11-15)27(24,25)21-13-16-7-4-10-26-16/h1-11,20-21H,12-13H2,(H,22,23). The fourth-order valence-corrected chi connectivity index (χ4v) is 3.67. The van der Waals surface area contributed by atoms with Gasteiger partial charge in [0.25, 0.3) is 0 Å². The number of rotatable bonds is 8. The highest BCUT2D eigenvalue weighted by Gasteiger charge is 2.21. The van der Waals surface area contributed by atoms with Crippen molar-refractivity contribution in [2.24, 2.45) is 0 Å². The Morgan fingerprint density at radius 3 is 2.44 bits per heavy atom. The van der Waals surface area contributed by atoms with Gasteiger partial charge in [-0.25, -0.2) is 17.9 Å². The van der Waals surface area contributed by atoms with Gasteiger partial charge in [0, 0.05) is 6.54 Å². The van der Waals surface area contributed by atoms with Crippen molar-refractivity contribution < 1.29 is 22.7 Å². The first-order chi connectivity index (χ1) is 13.0. The van der Waals surface area contributed by atoms with E-state index in [0.29, 0.717) is 18.0 Å². The normalized spacial score (nSPS) is 11.3. The second-order valence-corrected chi connectivity index (χ2v) is 7.49. The van der Waals surface area contributed by atoms with Crippen molar-refractivity contribution in [3.63, 3.8) is 0 Å². The quantitative estimate of drug-likeness (QED) is 0.549. The van der Waals surface area contributed by atoms with E-state index in [2.05, 4.69) is 10.0 Å². The Hall–Kier alpha value is -3.10. The molecule has 7 nitrogen and oxygen atoms in total.